The number of nitrogens with zero attached hydrogens (tertiary/aromatic N) is 2. The predicted molar refractivity (Wildman–Crippen MR) is 103 cm³/mol. The summed E-state index contributed by atoms with van der Waals surface area (Å²) >= 11 is 6.10. The van der Waals surface area contributed by atoms with Crippen LogP contribution in [0.5, 0.6) is 0 Å². The highest BCUT2D eigenvalue weighted by atomic mass is 35.5. The van der Waals surface area contributed by atoms with E-state index in [0.717, 1.165) is 0 Å². The van der Waals surface area contributed by atoms with Crippen LogP contribution in [-0.2, 0) is 9.84 Å². The molecule has 140 valence electrons. The van der Waals surface area contributed by atoms with Crippen LogP contribution in [0.25, 0.3) is 11.0 Å². The summed E-state index contributed by atoms with van der Waals surface area (Å²) < 4.78 is 23.0. The lowest BCUT2D eigenvalue weighted by molar-refractivity contribution is 0.548. The Labute approximate surface area is 154 Å². The van der Waals surface area contributed by atoms with E-state index in [1.54, 1.807) is 13.0 Å². The number of hydrogen-bond donors (Lipinski definition) is 1. The minimum atomic E-state index is -2.96. The summed E-state index contributed by atoms with van der Waals surface area (Å²) in [5.41, 5.74) is 0.734. The number of pyridine rings is 1. The van der Waals surface area contributed by atoms with Crippen molar-refractivity contribution >= 4 is 32.5 Å². The molecular formula is C17H26ClN3O3S. The highest BCUT2D eigenvalue weighted by Gasteiger charge is 2.26. The number of aryl methyl sites for hydroxylation is 1. The van der Waals surface area contributed by atoms with E-state index in [1.165, 1.54) is 0 Å². The summed E-state index contributed by atoms with van der Waals surface area (Å²) in [6.45, 7) is 9.70. The van der Waals surface area contributed by atoms with Crippen LogP contribution >= 0.6 is 11.6 Å². The first-order valence-electron chi connectivity index (χ1n) is 8.63. The van der Waals surface area contributed by atoms with Gasteiger partial charge in [-0.1, -0.05) is 39.3 Å². The Kier molecular flexibility index (Phi) is 8.02. The van der Waals surface area contributed by atoms with E-state index < -0.39 is 9.84 Å². The minimum Gasteiger partial charge on any atom is -0.306 e. The first kappa shape index (κ1) is 21.6. The number of H-pyrrole nitrogens is 1. The van der Waals surface area contributed by atoms with Crippen molar-refractivity contribution in [2.24, 2.45) is 0 Å². The monoisotopic (exact) mass is 387 g/mol. The van der Waals surface area contributed by atoms with Crippen molar-refractivity contribution in [3.63, 3.8) is 0 Å². The SMILES string of the molecule is CC.CC.Cc1nc(Cl)c2cc(C3CCS(=O)(=O)CC3)c(=O)[nH]c2n1. The molecule has 0 atom stereocenters. The van der Waals surface area contributed by atoms with E-state index in [9.17, 15) is 13.2 Å². The van der Waals surface area contributed by atoms with E-state index in [0.29, 0.717) is 40.4 Å². The van der Waals surface area contributed by atoms with E-state index in [4.69, 9.17) is 11.6 Å². The molecule has 0 amide bonds. The Morgan fingerprint density at radius 3 is 2.24 bits per heavy atom. The van der Waals surface area contributed by atoms with Crippen LogP contribution in [0.4, 0.5) is 0 Å². The van der Waals surface area contributed by atoms with E-state index in [2.05, 4.69) is 15.0 Å². The predicted octanol–water partition coefficient (Wildman–Crippen LogP) is 3.62. The van der Waals surface area contributed by atoms with Gasteiger partial charge in [0.25, 0.3) is 5.56 Å². The Hall–Kier alpha value is -1.47. The second-order valence-corrected chi connectivity index (χ2v) is 7.97. The molecule has 0 aliphatic carbocycles. The number of halogens is 1. The topological polar surface area (TPSA) is 92.8 Å². The van der Waals surface area contributed by atoms with Gasteiger partial charge in [0.15, 0.2) is 0 Å². The molecule has 6 nitrogen and oxygen atoms in total. The first-order chi connectivity index (χ1) is 11.9. The van der Waals surface area contributed by atoms with Gasteiger partial charge in [-0.2, -0.15) is 0 Å². The highest BCUT2D eigenvalue weighted by Crippen LogP contribution is 2.29. The van der Waals surface area contributed by atoms with Crippen molar-refractivity contribution < 1.29 is 8.42 Å². The Bertz CT molecular complexity index is 865. The highest BCUT2D eigenvalue weighted by molar-refractivity contribution is 7.91. The van der Waals surface area contributed by atoms with Crippen molar-refractivity contribution in [2.45, 2.75) is 53.4 Å². The molecule has 0 aromatic carbocycles. The minimum absolute atomic E-state index is 0.0703. The quantitative estimate of drug-likeness (QED) is 0.754. The molecule has 0 spiro atoms. The van der Waals surface area contributed by atoms with Gasteiger partial charge in [-0.05, 0) is 31.7 Å². The maximum absolute atomic E-state index is 12.2. The fraction of sp³-hybridized carbons (Fsp3) is 0.588. The van der Waals surface area contributed by atoms with Crippen LogP contribution in [-0.4, -0.2) is 34.9 Å². The molecule has 0 saturated carbocycles. The van der Waals surface area contributed by atoms with Gasteiger partial charge in [-0.25, -0.2) is 18.4 Å². The molecule has 0 radical (unpaired) electrons. The number of hydrogen-bond acceptors (Lipinski definition) is 5. The standard InChI is InChI=1S/C13H14ClN3O3S.2C2H6/c1-7-15-11(14)10-6-9(13(18)17-12(10)16-7)8-2-4-21(19,20)5-3-8;2*1-2/h6,8H,2-5H2,1H3,(H,15,16,17,18);2*1-2H3. The third-order valence-electron chi connectivity index (χ3n) is 3.80. The van der Waals surface area contributed by atoms with Crippen molar-refractivity contribution in [2.75, 3.05) is 11.5 Å². The molecule has 2 aromatic heterocycles. The number of sulfone groups is 1. The maximum atomic E-state index is 12.2. The van der Waals surface area contributed by atoms with Crippen LogP contribution < -0.4 is 5.56 Å². The number of aromatic nitrogens is 3. The zero-order valence-corrected chi connectivity index (χ0v) is 17.0. The smallest absolute Gasteiger partial charge is 0.253 e. The normalized spacial score (nSPS) is 16.4. The number of nitrogens with one attached hydrogen (secondary N) is 1. The van der Waals surface area contributed by atoms with Gasteiger partial charge >= 0.3 is 0 Å². The van der Waals surface area contributed by atoms with Crippen LogP contribution in [0.2, 0.25) is 5.15 Å². The fourth-order valence-electron chi connectivity index (χ4n) is 2.68. The molecule has 25 heavy (non-hydrogen) atoms. The van der Waals surface area contributed by atoms with E-state index in [1.807, 2.05) is 27.7 Å². The van der Waals surface area contributed by atoms with Gasteiger partial charge in [0.2, 0.25) is 0 Å². The van der Waals surface area contributed by atoms with E-state index in [-0.39, 0.29) is 23.0 Å². The molecule has 3 rings (SSSR count). The average Bonchev–Trinajstić information content (AvgIpc) is 2.58. The van der Waals surface area contributed by atoms with Crippen molar-refractivity contribution in [3.05, 3.63) is 33.0 Å². The molecule has 8 heteroatoms. The summed E-state index contributed by atoms with van der Waals surface area (Å²) in [4.78, 5) is 23.2. The molecule has 3 heterocycles. The second-order valence-electron chi connectivity index (χ2n) is 5.30. The lowest BCUT2D eigenvalue weighted by Gasteiger charge is -2.21. The number of aromatic amines is 1. The average molecular weight is 388 g/mol. The third kappa shape index (κ3) is 5.25. The van der Waals surface area contributed by atoms with Gasteiger partial charge in [-0.15, -0.1) is 0 Å². The summed E-state index contributed by atoms with van der Waals surface area (Å²) in [5.74, 6) is 0.652. The molecule has 1 aliphatic rings. The van der Waals surface area contributed by atoms with Crippen LogP contribution in [0.15, 0.2) is 10.9 Å². The van der Waals surface area contributed by atoms with Gasteiger partial charge < -0.3 is 4.98 Å². The second kappa shape index (κ2) is 9.29. The maximum Gasteiger partial charge on any atom is 0.253 e. The largest absolute Gasteiger partial charge is 0.306 e. The van der Waals surface area contributed by atoms with Crippen molar-refractivity contribution in [1.82, 2.24) is 15.0 Å². The molecule has 2 aromatic rings. The van der Waals surface area contributed by atoms with Gasteiger partial charge in [0.05, 0.1) is 16.9 Å². The van der Waals surface area contributed by atoms with Gasteiger partial charge in [0.1, 0.15) is 26.5 Å². The molecule has 1 saturated heterocycles. The molecule has 0 bridgehead atoms. The third-order valence-corrected chi connectivity index (χ3v) is 5.80. The number of rotatable bonds is 1. The lowest BCUT2D eigenvalue weighted by Crippen LogP contribution is -2.26. The van der Waals surface area contributed by atoms with Crippen LogP contribution in [0, 0.1) is 6.92 Å². The fourth-order valence-corrected chi connectivity index (χ4v) is 4.43. The zero-order chi connectivity index (χ0) is 19.2. The van der Waals surface area contributed by atoms with Crippen molar-refractivity contribution in [1.29, 1.82) is 0 Å². The molecule has 1 fully saturated rings. The van der Waals surface area contributed by atoms with E-state index >= 15 is 0 Å². The Morgan fingerprint density at radius 2 is 1.68 bits per heavy atom. The summed E-state index contributed by atoms with van der Waals surface area (Å²) in [5, 5.41) is 0.878. The summed E-state index contributed by atoms with van der Waals surface area (Å²) in [6.07, 6.45) is 0.919. The lowest BCUT2D eigenvalue weighted by atomic mass is 9.94. The Morgan fingerprint density at radius 1 is 1.12 bits per heavy atom. The zero-order valence-electron chi connectivity index (χ0n) is 15.4. The first-order valence-corrected chi connectivity index (χ1v) is 10.8. The van der Waals surface area contributed by atoms with Crippen LogP contribution in [0.3, 0.4) is 0 Å². The summed E-state index contributed by atoms with van der Waals surface area (Å²) in [6, 6.07) is 1.69. The van der Waals surface area contributed by atoms with Crippen LogP contribution in [0.1, 0.15) is 57.8 Å². The number of fused-ring (bicyclic) bond motifs is 1. The molecular weight excluding hydrogens is 362 g/mol. The van der Waals surface area contributed by atoms with Gasteiger partial charge in [-0.3, -0.25) is 4.79 Å². The molecule has 1 N–H and O–H groups in total. The Balaban J connectivity index is 0.000000730. The molecule has 0 unspecified atom stereocenters. The van der Waals surface area contributed by atoms with Gasteiger partial charge in [0, 0.05) is 5.56 Å². The summed E-state index contributed by atoms with van der Waals surface area (Å²) in [7, 11) is -2.96. The van der Waals surface area contributed by atoms with Crippen molar-refractivity contribution in [3.8, 4) is 0 Å². The molecule has 1 aliphatic heterocycles.